The average molecular weight is 575 g/mol. The first-order chi connectivity index (χ1) is 20.3. The topological polar surface area (TPSA) is 194 Å². The Morgan fingerprint density at radius 3 is 2.29 bits per heavy atom. The molecule has 2 aromatic heterocycles. The van der Waals surface area contributed by atoms with Crippen molar-refractivity contribution in [2.45, 2.75) is 32.4 Å². The number of rotatable bonds is 12. The lowest BCUT2D eigenvalue weighted by Crippen LogP contribution is -2.42. The van der Waals surface area contributed by atoms with Crippen LogP contribution in [-0.2, 0) is 16.1 Å². The number of amides is 1. The van der Waals surface area contributed by atoms with E-state index in [2.05, 4.69) is 52.6 Å². The van der Waals surface area contributed by atoms with E-state index in [-0.39, 0.29) is 30.3 Å². The van der Waals surface area contributed by atoms with Gasteiger partial charge in [-0.3, -0.25) is 9.59 Å². The molecule has 1 atom stereocenters. The molecule has 1 unspecified atom stereocenters. The first-order valence-corrected chi connectivity index (χ1v) is 13.0. The van der Waals surface area contributed by atoms with Crippen molar-refractivity contribution in [3.63, 3.8) is 0 Å². The molecule has 0 radical (unpaired) electrons. The number of aromatic nitrogens is 4. The van der Waals surface area contributed by atoms with Gasteiger partial charge in [0.1, 0.15) is 12.6 Å². The predicted molar refractivity (Wildman–Crippen MR) is 165 cm³/mol. The van der Waals surface area contributed by atoms with Crippen LogP contribution in [0, 0.1) is 24.7 Å². The van der Waals surface area contributed by atoms with Crippen molar-refractivity contribution >= 4 is 47.1 Å². The number of nitrogens with two attached hydrogens (primary N) is 2. The van der Waals surface area contributed by atoms with Crippen molar-refractivity contribution in [1.29, 1.82) is 0 Å². The molecule has 0 saturated carbocycles. The van der Waals surface area contributed by atoms with Gasteiger partial charge in [0.05, 0.1) is 37.6 Å². The highest BCUT2D eigenvalue weighted by molar-refractivity contribution is 5.82. The number of aldehydes is 2. The summed E-state index contributed by atoms with van der Waals surface area (Å²) in [4.78, 5) is 50.9. The molecule has 0 bridgehead atoms. The smallest absolute Gasteiger partial charge is 0.237 e. The average Bonchev–Trinajstić information content (AvgIpc) is 3.00. The second-order valence-electron chi connectivity index (χ2n) is 8.47. The van der Waals surface area contributed by atoms with Crippen molar-refractivity contribution in [3.8, 4) is 24.7 Å². The van der Waals surface area contributed by atoms with Gasteiger partial charge in [-0.25, -0.2) is 9.97 Å². The van der Waals surface area contributed by atoms with Crippen LogP contribution in [0.25, 0.3) is 11.2 Å². The number of fused-ring (bicyclic) bond motifs is 1. The second kappa shape index (κ2) is 19.9. The van der Waals surface area contributed by atoms with E-state index < -0.39 is 0 Å². The summed E-state index contributed by atoms with van der Waals surface area (Å²) in [6.45, 7) is 4.25. The Balaban J connectivity index is 0.000000413. The van der Waals surface area contributed by atoms with E-state index in [1.807, 2.05) is 26.1 Å². The molecule has 3 aromatic rings. The highest BCUT2D eigenvalue weighted by atomic mass is 16.2. The minimum atomic E-state index is -0.335. The first-order valence-electron chi connectivity index (χ1n) is 13.0. The minimum absolute atomic E-state index is 0.0764. The van der Waals surface area contributed by atoms with Gasteiger partial charge >= 0.3 is 0 Å². The van der Waals surface area contributed by atoms with E-state index in [0.717, 1.165) is 30.5 Å². The van der Waals surface area contributed by atoms with Crippen LogP contribution < -0.4 is 32.3 Å². The Kier molecular flexibility index (Phi) is 16.5. The van der Waals surface area contributed by atoms with E-state index in [9.17, 15) is 14.4 Å². The number of anilines is 3. The van der Waals surface area contributed by atoms with Crippen LogP contribution in [0.1, 0.15) is 35.8 Å². The van der Waals surface area contributed by atoms with E-state index in [0.29, 0.717) is 42.7 Å². The molecule has 0 spiro atoms. The Morgan fingerprint density at radius 2 is 1.76 bits per heavy atom. The number of hydrogen-bond donors (Lipinski definition) is 5. The van der Waals surface area contributed by atoms with Crippen LogP contribution in [0.3, 0.4) is 0 Å². The van der Waals surface area contributed by atoms with Crippen molar-refractivity contribution in [2.75, 3.05) is 50.1 Å². The van der Waals surface area contributed by atoms with Gasteiger partial charge in [0, 0.05) is 24.2 Å². The number of nitrogen functional groups attached to an aromatic ring is 2. The number of benzene rings is 1. The van der Waals surface area contributed by atoms with E-state index in [1.54, 1.807) is 25.4 Å². The first kappa shape index (κ1) is 34.9. The lowest BCUT2D eigenvalue weighted by atomic mass is 10.1. The molecule has 42 heavy (non-hydrogen) atoms. The van der Waals surface area contributed by atoms with Crippen LogP contribution in [0.5, 0.6) is 0 Å². The van der Waals surface area contributed by atoms with Gasteiger partial charge in [-0.15, -0.1) is 12.8 Å². The SMILES string of the molecule is C#CCNC.C#CCNC(=O)C(CCC=O)NC.CCN(Cc1cnc2nc(N)nc(N)c2n1)c1ccc(C=O)cc1. The van der Waals surface area contributed by atoms with Crippen LogP contribution in [0.4, 0.5) is 17.5 Å². The van der Waals surface area contributed by atoms with E-state index in [4.69, 9.17) is 24.3 Å². The summed E-state index contributed by atoms with van der Waals surface area (Å²) in [6, 6.07) is 7.04. The molecule has 0 saturated heterocycles. The second-order valence-corrected chi connectivity index (χ2v) is 8.47. The van der Waals surface area contributed by atoms with Gasteiger partial charge < -0.3 is 37.1 Å². The molecule has 3 rings (SSSR count). The summed E-state index contributed by atoms with van der Waals surface area (Å²) in [5, 5.41) is 8.13. The quantitative estimate of drug-likeness (QED) is 0.149. The fourth-order valence-electron chi connectivity index (χ4n) is 3.41. The zero-order valence-corrected chi connectivity index (χ0v) is 24.1. The molecule has 0 aliphatic heterocycles. The number of nitrogens with one attached hydrogen (secondary N) is 3. The molecule has 0 fully saturated rings. The van der Waals surface area contributed by atoms with Crippen LogP contribution in [-0.4, -0.2) is 78.2 Å². The summed E-state index contributed by atoms with van der Waals surface area (Å²) in [5.74, 6) is 4.84. The van der Waals surface area contributed by atoms with Gasteiger partial charge in [-0.05, 0) is 51.7 Å². The summed E-state index contributed by atoms with van der Waals surface area (Å²) >= 11 is 0. The molecule has 2 heterocycles. The standard InChI is InChI=1S/C16H17N7O.C9H14N2O2.C4H7N/c1-2-23(12-5-3-10(9-24)4-6-12)8-11-7-19-15-13(20-11)14(17)21-16(18)22-15;1-3-6-11-9(13)8(10-2)5-4-7-12;1-3-4-5-2/h3-7,9H,2,8H2,1H3,(H4,17,18,19,21,22);1,7-8,10H,4-6H2,2H3,(H,11,13);1,5H,4H2,2H3. The fourth-order valence-corrected chi connectivity index (χ4v) is 3.41. The highest BCUT2D eigenvalue weighted by Crippen LogP contribution is 2.19. The lowest BCUT2D eigenvalue weighted by Gasteiger charge is -2.22. The van der Waals surface area contributed by atoms with Gasteiger partial charge in [0.2, 0.25) is 11.9 Å². The Bertz CT molecular complexity index is 1370. The zero-order valence-electron chi connectivity index (χ0n) is 24.1. The largest absolute Gasteiger partial charge is 0.382 e. The predicted octanol–water partition coefficient (Wildman–Crippen LogP) is 0.565. The summed E-state index contributed by atoms with van der Waals surface area (Å²) < 4.78 is 0. The summed E-state index contributed by atoms with van der Waals surface area (Å²) in [6.07, 6.45) is 13.9. The number of carbonyl (C=O) groups is 3. The van der Waals surface area contributed by atoms with Crippen LogP contribution in [0.2, 0.25) is 0 Å². The van der Waals surface area contributed by atoms with Crippen molar-refractivity contribution in [1.82, 2.24) is 35.9 Å². The molecule has 0 aliphatic rings. The number of carbonyl (C=O) groups excluding carboxylic acids is 3. The molecule has 0 aliphatic carbocycles. The van der Waals surface area contributed by atoms with Gasteiger partial charge in [-0.2, -0.15) is 9.97 Å². The normalized spacial score (nSPS) is 10.4. The van der Waals surface area contributed by atoms with E-state index in [1.165, 1.54) is 0 Å². The summed E-state index contributed by atoms with van der Waals surface area (Å²) in [5.41, 5.74) is 14.6. The van der Waals surface area contributed by atoms with Crippen molar-refractivity contribution in [2.24, 2.45) is 0 Å². The molecule has 13 heteroatoms. The Labute approximate surface area is 246 Å². The van der Waals surface area contributed by atoms with Crippen molar-refractivity contribution < 1.29 is 14.4 Å². The summed E-state index contributed by atoms with van der Waals surface area (Å²) in [7, 11) is 3.49. The molecule has 1 aromatic carbocycles. The van der Waals surface area contributed by atoms with Gasteiger partial charge in [-0.1, -0.05) is 11.8 Å². The van der Waals surface area contributed by atoms with Crippen molar-refractivity contribution in [3.05, 3.63) is 41.7 Å². The Hall–Kier alpha value is -5.11. The molecule has 13 nitrogen and oxygen atoms in total. The molecule has 222 valence electrons. The zero-order chi connectivity index (χ0) is 31.3. The highest BCUT2D eigenvalue weighted by Gasteiger charge is 2.14. The molecule has 7 N–H and O–H groups in total. The number of nitrogens with zero attached hydrogens (tertiary/aromatic N) is 5. The maximum absolute atomic E-state index is 11.3. The maximum Gasteiger partial charge on any atom is 0.237 e. The number of likely N-dealkylation sites (N-methyl/N-ethyl adjacent to an activating group) is 1. The third-order valence-corrected chi connectivity index (χ3v) is 5.51. The maximum atomic E-state index is 11.3. The van der Waals surface area contributed by atoms with Crippen LogP contribution in [0.15, 0.2) is 30.5 Å². The van der Waals surface area contributed by atoms with E-state index >= 15 is 0 Å². The monoisotopic (exact) mass is 574 g/mol. The third kappa shape index (κ3) is 12.0. The van der Waals surface area contributed by atoms with Gasteiger partial charge in [0.15, 0.2) is 17.0 Å². The Morgan fingerprint density at radius 1 is 1.07 bits per heavy atom. The lowest BCUT2D eigenvalue weighted by molar-refractivity contribution is -0.123. The molecule has 1 amide bonds. The minimum Gasteiger partial charge on any atom is -0.382 e. The third-order valence-electron chi connectivity index (χ3n) is 5.51. The molecular formula is C29H38N10O3. The number of hydrogen-bond acceptors (Lipinski definition) is 12. The molecular weight excluding hydrogens is 536 g/mol. The fraction of sp³-hybridized carbons (Fsp3) is 0.345. The number of terminal acetylenes is 2. The van der Waals surface area contributed by atoms with Crippen LogP contribution >= 0.6 is 0 Å². The van der Waals surface area contributed by atoms with Gasteiger partial charge in [0.25, 0.3) is 0 Å².